The molecule has 0 unspecified atom stereocenters. The lowest BCUT2D eigenvalue weighted by Gasteiger charge is -2.38. The first-order valence-corrected chi connectivity index (χ1v) is 11.5. The number of carbonyl (C=O) groups is 1. The number of aromatic nitrogens is 2. The van der Waals surface area contributed by atoms with E-state index in [1.165, 1.54) is 0 Å². The van der Waals surface area contributed by atoms with Crippen LogP contribution in [0.15, 0.2) is 47.3 Å². The van der Waals surface area contributed by atoms with Crippen LogP contribution in [0.5, 0.6) is 11.5 Å². The number of rotatable bonds is 7. The summed E-state index contributed by atoms with van der Waals surface area (Å²) in [5.74, 6) is 1.43. The van der Waals surface area contributed by atoms with Gasteiger partial charge < -0.3 is 19.5 Å². The van der Waals surface area contributed by atoms with Crippen molar-refractivity contribution in [1.29, 1.82) is 0 Å². The predicted octanol–water partition coefficient (Wildman–Crippen LogP) is 2.81. The van der Waals surface area contributed by atoms with Gasteiger partial charge in [-0.05, 0) is 49.6 Å². The lowest BCUT2D eigenvalue weighted by Crippen LogP contribution is -2.44. The van der Waals surface area contributed by atoms with Crippen molar-refractivity contribution in [2.45, 2.75) is 44.7 Å². The fourth-order valence-corrected chi connectivity index (χ4v) is 4.92. The van der Waals surface area contributed by atoms with Gasteiger partial charge in [-0.15, -0.1) is 0 Å². The molecule has 33 heavy (non-hydrogen) atoms. The third-order valence-corrected chi connectivity index (χ3v) is 6.86. The van der Waals surface area contributed by atoms with Crippen LogP contribution < -0.4 is 20.5 Å². The SMILES string of the molecule is CCn1c(=O)n(CCC(=O)NCC2(c3ccc4c(c3)OCO4)CCOCC2)c2ccccc21. The van der Waals surface area contributed by atoms with Crippen LogP contribution in [0, 0.1) is 0 Å². The summed E-state index contributed by atoms with van der Waals surface area (Å²) < 4.78 is 20.1. The average molecular weight is 452 g/mol. The van der Waals surface area contributed by atoms with Crippen molar-refractivity contribution in [2.75, 3.05) is 26.6 Å². The van der Waals surface area contributed by atoms with E-state index in [9.17, 15) is 9.59 Å². The minimum atomic E-state index is -0.218. The van der Waals surface area contributed by atoms with Crippen LogP contribution in [0.1, 0.15) is 31.7 Å². The Morgan fingerprint density at radius 1 is 1.03 bits per heavy atom. The molecule has 0 bridgehead atoms. The molecule has 0 radical (unpaired) electrons. The standard InChI is InChI=1S/C25H29N3O5/c1-2-27-19-5-3-4-6-20(19)28(24(27)30)12-9-23(29)26-16-25(10-13-31-14-11-25)18-7-8-21-22(15-18)33-17-32-21/h3-8,15H,2,9-14,16-17H2,1H3,(H,26,29). The topological polar surface area (TPSA) is 83.7 Å². The smallest absolute Gasteiger partial charge is 0.329 e. The second kappa shape index (κ2) is 8.94. The Morgan fingerprint density at radius 2 is 1.76 bits per heavy atom. The number of hydrogen-bond donors (Lipinski definition) is 1. The summed E-state index contributed by atoms with van der Waals surface area (Å²) in [6.45, 7) is 4.94. The number of imidazole rings is 1. The molecule has 0 aliphatic carbocycles. The van der Waals surface area contributed by atoms with E-state index in [1.807, 2.05) is 43.3 Å². The molecule has 2 aliphatic rings. The molecule has 2 aliphatic heterocycles. The molecule has 1 fully saturated rings. The van der Waals surface area contributed by atoms with Crippen LogP contribution in [0.3, 0.4) is 0 Å². The lowest BCUT2D eigenvalue weighted by atomic mass is 9.74. The van der Waals surface area contributed by atoms with Crippen LogP contribution in [-0.4, -0.2) is 41.6 Å². The molecule has 0 atom stereocenters. The van der Waals surface area contributed by atoms with Crippen molar-refractivity contribution in [3.8, 4) is 11.5 Å². The first-order chi connectivity index (χ1) is 16.1. The van der Waals surface area contributed by atoms with Crippen molar-refractivity contribution in [1.82, 2.24) is 14.5 Å². The molecule has 0 spiro atoms. The van der Waals surface area contributed by atoms with E-state index in [2.05, 4.69) is 11.4 Å². The van der Waals surface area contributed by atoms with Gasteiger partial charge >= 0.3 is 5.69 Å². The maximum atomic E-state index is 12.8. The number of amides is 1. The summed E-state index contributed by atoms with van der Waals surface area (Å²) in [5, 5.41) is 3.13. The fourth-order valence-electron chi connectivity index (χ4n) is 4.92. The van der Waals surface area contributed by atoms with Crippen LogP contribution in [0.25, 0.3) is 11.0 Å². The maximum absolute atomic E-state index is 12.8. The number of fused-ring (bicyclic) bond motifs is 2. The summed E-state index contributed by atoms with van der Waals surface area (Å²) in [6.07, 6.45) is 1.87. The first-order valence-electron chi connectivity index (χ1n) is 11.5. The molecule has 0 saturated carbocycles. The van der Waals surface area contributed by atoms with Crippen LogP contribution >= 0.6 is 0 Å². The number of aryl methyl sites for hydroxylation is 2. The Kier molecular flexibility index (Phi) is 5.85. The molecule has 8 heteroatoms. The zero-order valence-electron chi connectivity index (χ0n) is 18.8. The minimum absolute atomic E-state index is 0.0677. The number of nitrogens with one attached hydrogen (secondary N) is 1. The number of hydrogen-bond acceptors (Lipinski definition) is 5. The molecule has 1 amide bonds. The summed E-state index contributed by atoms with van der Waals surface area (Å²) in [4.78, 5) is 25.7. The van der Waals surface area contributed by atoms with Crippen molar-refractivity contribution >= 4 is 16.9 Å². The van der Waals surface area contributed by atoms with Gasteiger partial charge in [-0.2, -0.15) is 0 Å². The van der Waals surface area contributed by atoms with E-state index >= 15 is 0 Å². The maximum Gasteiger partial charge on any atom is 0.329 e. The van der Waals surface area contributed by atoms with Crippen LogP contribution in [0.4, 0.5) is 0 Å². The molecular formula is C25H29N3O5. The third kappa shape index (κ3) is 3.99. The Labute approximate surface area is 192 Å². The van der Waals surface area contributed by atoms with Gasteiger partial charge in [-0.3, -0.25) is 13.9 Å². The van der Waals surface area contributed by atoms with Gasteiger partial charge in [0.25, 0.3) is 0 Å². The van der Waals surface area contributed by atoms with Crippen molar-refractivity contribution in [3.63, 3.8) is 0 Å². The molecule has 2 aromatic carbocycles. The highest BCUT2D eigenvalue weighted by Crippen LogP contribution is 2.40. The molecule has 174 valence electrons. The first kappa shape index (κ1) is 21.6. The Bertz CT molecular complexity index is 1220. The summed E-state index contributed by atoms with van der Waals surface area (Å²) in [6, 6.07) is 13.7. The monoisotopic (exact) mass is 451 g/mol. The number of nitrogens with zero attached hydrogens (tertiary/aromatic N) is 2. The van der Waals surface area contributed by atoms with E-state index in [4.69, 9.17) is 14.2 Å². The molecule has 3 heterocycles. The van der Waals surface area contributed by atoms with Crippen molar-refractivity contribution in [3.05, 3.63) is 58.5 Å². The molecule has 1 aromatic heterocycles. The number of carbonyl (C=O) groups excluding carboxylic acids is 1. The van der Waals surface area contributed by atoms with Gasteiger partial charge in [0.2, 0.25) is 12.7 Å². The Balaban J connectivity index is 1.29. The number of ether oxygens (including phenoxy) is 3. The highest BCUT2D eigenvalue weighted by molar-refractivity contribution is 5.78. The van der Waals surface area contributed by atoms with Gasteiger partial charge in [0, 0.05) is 44.7 Å². The van der Waals surface area contributed by atoms with Crippen molar-refractivity contribution < 1.29 is 19.0 Å². The Morgan fingerprint density at radius 3 is 2.52 bits per heavy atom. The van der Waals surface area contributed by atoms with E-state index in [0.717, 1.165) is 40.9 Å². The largest absolute Gasteiger partial charge is 0.454 e. The van der Waals surface area contributed by atoms with E-state index in [-0.39, 0.29) is 30.2 Å². The lowest BCUT2D eigenvalue weighted by molar-refractivity contribution is -0.121. The number of para-hydroxylation sites is 2. The molecule has 1 N–H and O–H groups in total. The molecular weight excluding hydrogens is 422 g/mol. The second-order valence-electron chi connectivity index (χ2n) is 8.65. The van der Waals surface area contributed by atoms with Gasteiger partial charge in [-0.25, -0.2) is 4.79 Å². The zero-order chi connectivity index (χ0) is 22.8. The summed E-state index contributed by atoms with van der Waals surface area (Å²) >= 11 is 0. The average Bonchev–Trinajstić information content (AvgIpc) is 3.43. The normalized spacial score (nSPS) is 16.8. The highest BCUT2D eigenvalue weighted by atomic mass is 16.7. The van der Waals surface area contributed by atoms with E-state index in [0.29, 0.717) is 32.8 Å². The van der Waals surface area contributed by atoms with Crippen molar-refractivity contribution in [2.24, 2.45) is 0 Å². The zero-order valence-corrected chi connectivity index (χ0v) is 18.8. The Hall–Kier alpha value is -3.26. The minimum Gasteiger partial charge on any atom is -0.454 e. The highest BCUT2D eigenvalue weighted by Gasteiger charge is 2.36. The van der Waals surface area contributed by atoms with Crippen LogP contribution in [-0.2, 0) is 28.0 Å². The third-order valence-electron chi connectivity index (χ3n) is 6.86. The van der Waals surface area contributed by atoms with Gasteiger partial charge in [0.05, 0.1) is 11.0 Å². The quantitative estimate of drug-likeness (QED) is 0.597. The van der Waals surface area contributed by atoms with Gasteiger partial charge in [0.1, 0.15) is 0 Å². The van der Waals surface area contributed by atoms with E-state index < -0.39 is 0 Å². The van der Waals surface area contributed by atoms with E-state index in [1.54, 1.807) is 9.13 Å². The second-order valence-corrected chi connectivity index (χ2v) is 8.65. The number of benzene rings is 2. The molecule has 1 saturated heterocycles. The molecule has 8 nitrogen and oxygen atoms in total. The van der Waals surface area contributed by atoms with Crippen LogP contribution in [0.2, 0.25) is 0 Å². The fraction of sp³-hybridized carbons (Fsp3) is 0.440. The summed E-state index contributed by atoms with van der Waals surface area (Å²) in [7, 11) is 0. The van der Waals surface area contributed by atoms with Gasteiger partial charge in [-0.1, -0.05) is 18.2 Å². The molecule has 5 rings (SSSR count). The summed E-state index contributed by atoms with van der Waals surface area (Å²) in [5.41, 5.74) is 2.59. The van der Waals surface area contributed by atoms with Gasteiger partial charge in [0.15, 0.2) is 11.5 Å². The molecule has 3 aromatic rings. The predicted molar refractivity (Wildman–Crippen MR) is 124 cm³/mol.